The molecule has 0 radical (unpaired) electrons. The number of carbonyl (C=O) groups excluding carboxylic acids is 1. The van der Waals surface area contributed by atoms with Crippen molar-refractivity contribution in [2.24, 2.45) is 0 Å². The van der Waals surface area contributed by atoms with Crippen LogP contribution in [0.1, 0.15) is 47.6 Å². The van der Waals surface area contributed by atoms with Crippen molar-refractivity contribution in [3.05, 3.63) is 39.2 Å². The van der Waals surface area contributed by atoms with E-state index >= 15 is 0 Å². The van der Waals surface area contributed by atoms with E-state index in [1.165, 1.54) is 0 Å². The zero-order valence-electron chi connectivity index (χ0n) is 14.1. The summed E-state index contributed by atoms with van der Waals surface area (Å²) in [5, 5.41) is 3.82. The van der Waals surface area contributed by atoms with Crippen LogP contribution in [0.25, 0.3) is 0 Å². The van der Waals surface area contributed by atoms with Gasteiger partial charge in [-0.2, -0.15) is 4.98 Å². The molecule has 8 heteroatoms. The Morgan fingerprint density at radius 3 is 2.79 bits per heavy atom. The van der Waals surface area contributed by atoms with Crippen molar-refractivity contribution in [1.82, 2.24) is 25.0 Å². The molecular formula is C16H21N5O3. The number of aromatic nitrogens is 4. The van der Waals surface area contributed by atoms with Gasteiger partial charge in [-0.3, -0.25) is 9.59 Å². The summed E-state index contributed by atoms with van der Waals surface area (Å²) >= 11 is 0. The number of rotatable bonds is 3. The van der Waals surface area contributed by atoms with Gasteiger partial charge in [0, 0.05) is 24.3 Å². The number of hydrogen-bond donors (Lipinski definition) is 1. The molecule has 0 bridgehead atoms. The van der Waals surface area contributed by atoms with Crippen LogP contribution < -0.4 is 5.56 Å². The Labute approximate surface area is 139 Å². The maximum atomic E-state index is 12.6. The molecule has 2 aromatic heterocycles. The molecule has 0 aliphatic carbocycles. The molecule has 3 heterocycles. The number of aryl methyl sites for hydroxylation is 3. The van der Waals surface area contributed by atoms with Crippen LogP contribution in [-0.2, 0) is 11.2 Å². The molecule has 3 rings (SSSR count). The highest BCUT2D eigenvalue weighted by Gasteiger charge is 2.28. The molecule has 1 N–H and O–H groups in total. The lowest BCUT2D eigenvalue weighted by Crippen LogP contribution is -2.41. The molecule has 2 aromatic rings. The van der Waals surface area contributed by atoms with Gasteiger partial charge in [-0.1, -0.05) is 5.16 Å². The van der Waals surface area contributed by atoms with Crippen molar-refractivity contribution >= 4 is 5.91 Å². The van der Waals surface area contributed by atoms with E-state index in [4.69, 9.17) is 4.52 Å². The summed E-state index contributed by atoms with van der Waals surface area (Å²) in [6.45, 7) is 6.47. The van der Waals surface area contributed by atoms with Crippen molar-refractivity contribution < 1.29 is 9.32 Å². The average molecular weight is 331 g/mol. The second-order valence-electron chi connectivity index (χ2n) is 6.25. The molecule has 1 atom stereocenters. The van der Waals surface area contributed by atoms with Gasteiger partial charge in [0.15, 0.2) is 5.82 Å². The van der Waals surface area contributed by atoms with Crippen LogP contribution in [0.15, 0.2) is 9.32 Å². The van der Waals surface area contributed by atoms with E-state index in [0.717, 1.165) is 12.8 Å². The fourth-order valence-electron chi connectivity index (χ4n) is 3.11. The minimum atomic E-state index is -0.241. The van der Waals surface area contributed by atoms with E-state index in [1.54, 1.807) is 25.7 Å². The first-order chi connectivity index (χ1) is 11.4. The monoisotopic (exact) mass is 331 g/mol. The smallest absolute Gasteiger partial charge is 0.254 e. The molecule has 0 aromatic carbocycles. The van der Waals surface area contributed by atoms with Crippen LogP contribution >= 0.6 is 0 Å². The molecule has 0 spiro atoms. The summed E-state index contributed by atoms with van der Waals surface area (Å²) in [5.41, 5.74) is 0.793. The summed E-state index contributed by atoms with van der Waals surface area (Å²) in [6.07, 6.45) is 1.85. The fourth-order valence-corrected chi connectivity index (χ4v) is 3.11. The van der Waals surface area contributed by atoms with E-state index in [-0.39, 0.29) is 23.8 Å². The Morgan fingerprint density at radius 1 is 1.33 bits per heavy atom. The van der Waals surface area contributed by atoms with Gasteiger partial charge >= 0.3 is 0 Å². The van der Waals surface area contributed by atoms with Crippen molar-refractivity contribution in [2.45, 2.75) is 46.0 Å². The Morgan fingerprint density at radius 2 is 2.12 bits per heavy atom. The molecule has 128 valence electrons. The Bertz CT molecular complexity index is 810. The number of likely N-dealkylation sites (tertiary alicyclic amines) is 1. The van der Waals surface area contributed by atoms with Gasteiger partial charge in [0.05, 0.1) is 12.3 Å². The van der Waals surface area contributed by atoms with Crippen LogP contribution in [0.4, 0.5) is 0 Å². The molecule has 1 aliphatic rings. The van der Waals surface area contributed by atoms with Crippen LogP contribution in [0.5, 0.6) is 0 Å². The summed E-state index contributed by atoms with van der Waals surface area (Å²) in [4.78, 5) is 37.6. The molecule has 1 fully saturated rings. The highest BCUT2D eigenvalue weighted by Crippen LogP contribution is 2.26. The standard InChI is InChI=1S/C16H21N5O3/c1-9-13(15(23)18-10(2)17-9)7-14(22)21-6-4-5-12(8-21)16-19-11(3)20-24-16/h12H,4-8H2,1-3H3,(H,17,18,23)/t12-/m1/s1. The number of amides is 1. The van der Waals surface area contributed by atoms with Gasteiger partial charge in [0.2, 0.25) is 11.8 Å². The van der Waals surface area contributed by atoms with Gasteiger partial charge in [0.1, 0.15) is 5.82 Å². The molecule has 1 aliphatic heterocycles. The molecule has 0 unspecified atom stereocenters. The quantitative estimate of drug-likeness (QED) is 0.900. The number of piperidine rings is 1. The second-order valence-corrected chi connectivity index (χ2v) is 6.25. The van der Waals surface area contributed by atoms with Crippen LogP contribution in [0, 0.1) is 20.8 Å². The maximum Gasteiger partial charge on any atom is 0.254 e. The minimum Gasteiger partial charge on any atom is -0.342 e. The predicted octanol–water partition coefficient (Wildman–Crippen LogP) is 1.03. The average Bonchev–Trinajstić information content (AvgIpc) is 2.97. The van der Waals surface area contributed by atoms with E-state index in [1.807, 2.05) is 0 Å². The third kappa shape index (κ3) is 3.37. The Kier molecular flexibility index (Phi) is 4.46. The first kappa shape index (κ1) is 16.4. The highest BCUT2D eigenvalue weighted by atomic mass is 16.5. The number of nitrogens with zero attached hydrogens (tertiary/aromatic N) is 4. The highest BCUT2D eigenvalue weighted by molar-refractivity contribution is 5.79. The number of hydrogen-bond acceptors (Lipinski definition) is 6. The second kappa shape index (κ2) is 6.54. The van der Waals surface area contributed by atoms with E-state index in [9.17, 15) is 9.59 Å². The molecule has 1 saturated heterocycles. The third-order valence-corrected chi connectivity index (χ3v) is 4.34. The van der Waals surface area contributed by atoms with Gasteiger partial charge in [0.25, 0.3) is 5.56 Å². The van der Waals surface area contributed by atoms with Crippen LogP contribution in [0.3, 0.4) is 0 Å². The predicted molar refractivity (Wildman–Crippen MR) is 85.6 cm³/mol. The van der Waals surface area contributed by atoms with Gasteiger partial charge in [-0.25, -0.2) is 4.98 Å². The maximum absolute atomic E-state index is 12.6. The third-order valence-electron chi connectivity index (χ3n) is 4.34. The summed E-state index contributed by atoms with van der Waals surface area (Å²) < 4.78 is 5.24. The number of aromatic amines is 1. The lowest BCUT2D eigenvalue weighted by atomic mass is 9.97. The lowest BCUT2D eigenvalue weighted by molar-refractivity contribution is -0.131. The first-order valence-electron chi connectivity index (χ1n) is 8.08. The van der Waals surface area contributed by atoms with Crippen molar-refractivity contribution in [2.75, 3.05) is 13.1 Å². The van der Waals surface area contributed by atoms with Gasteiger partial charge in [-0.05, 0) is 33.6 Å². The lowest BCUT2D eigenvalue weighted by Gasteiger charge is -2.31. The van der Waals surface area contributed by atoms with Gasteiger partial charge < -0.3 is 14.4 Å². The van der Waals surface area contributed by atoms with Crippen molar-refractivity contribution in [3.63, 3.8) is 0 Å². The molecular weight excluding hydrogens is 310 g/mol. The number of nitrogens with one attached hydrogen (secondary N) is 1. The summed E-state index contributed by atoms with van der Waals surface area (Å²) in [5.74, 6) is 1.71. The zero-order valence-corrected chi connectivity index (χ0v) is 14.1. The summed E-state index contributed by atoms with van der Waals surface area (Å²) in [7, 11) is 0. The molecule has 8 nitrogen and oxygen atoms in total. The SMILES string of the molecule is Cc1noc([C@@H]2CCCN(C(=O)Cc3c(C)nc(C)[nH]c3=O)C2)n1. The van der Waals surface area contributed by atoms with Crippen LogP contribution in [0.2, 0.25) is 0 Å². The molecule has 0 saturated carbocycles. The minimum absolute atomic E-state index is 0.0550. The zero-order chi connectivity index (χ0) is 17.3. The summed E-state index contributed by atoms with van der Waals surface area (Å²) in [6, 6.07) is 0. The van der Waals surface area contributed by atoms with E-state index in [2.05, 4.69) is 20.1 Å². The Balaban J connectivity index is 1.72. The number of H-pyrrole nitrogens is 1. The Hall–Kier alpha value is -2.51. The van der Waals surface area contributed by atoms with Gasteiger partial charge in [-0.15, -0.1) is 0 Å². The van der Waals surface area contributed by atoms with Crippen LogP contribution in [-0.4, -0.2) is 44.0 Å². The van der Waals surface area contributed by atoms with E-state index in [0.29, 0.717) is 41.9 Å². The molecule has 24 heavy (non-hydrogen) atoms. The first-order valence-corrected chi connectivity index (χ1v) is 8.08. The topological polar surface area (TPSA) is 105 Å². The largest absolute Gasteiger partial charge is 0.342 e. The van der Waals surface area contributed by atoms with E-state index < -0.39 is 0 Å². The number of carbonyl (C=O) groups is 1. The fraction of sp³-hybridized carbons (Fsp3) is 0.562. The van der Waals surface area contributed by atoms with Crippen molar-refractivity contribution in [3.8, 4) is 0 Å². The van der Waals surface area contributed by atoms with Crippen molar-refractivity contribution in [1.29, 1.82) is 0 Å². The normalized spacial score (nSPS) is 18.0. The molecule has 1 amide bonds.